The minimum absolute atomic E-state index is 0.0145. The van der Waals surface area contributed by atoms with Gasteiger partial charge in [-0.2, -0.15) is 0 Å². The molecule has 1 aromatic rings. The van der Waals surface area contributed by atoms with Crippen LogP contribution >= 0.6 is 0 Å². The van der Waals surface area contributed by atoms with Gasteiger partial charge in [-0.25, -0.2) is 4.79 Å². The van der Waals surface area contributed by atoms with E-state index in [4.69, 9.17) is 9.47 Å². The summed E-state index contributed by atoms with van der Waals surface area (Å²) in [5, 5.41) is 9.44. The molecule has 1 heterocycles. The van der Waals surface area contributed by atoms with E-state index in [2.05, 4.69) is 0 Å². The molecule has 0 radical (unpaired) electrons. The molecule has 0 spiro atoms. The SMILES string of the molecule is COc1cc(C(=O)N2CCCC2(C)C(=O)O)ccc1OC(C)C. The third-order valence-corrected chi connectivity index (χ3v) is 4.12. The first kappa shape index (κ1) is 17.1. The van der Waals surface area contributed by atoms with Gasteiger partial charge in [0.05, 0.1) is 13.2 Å². The number of methoxy groups -OCH3 is 1. The molecule has 6 nitrogen and oxygen atoms in total. The number of carbonyl (C=O) groups excluding carboxylic acids is 1. The molecule has 1 unspecified atom stereocenters. The average molecular weight is 321 g/mol. The van der Waals surface area contributed by atoms with Gasteiger partial charge in [0, 0.05) is 12.1 Å². The van der Waals surface area contributed by atoms with Gasteiger partial charge >= 0.3 is 5.97 Å². The second-order valence-electron chi connectivity index (χ2n) is 6.17. The monoisotopic (exact) mass is 321 g/mol. The molecule has 1 fully saturated rings. The van der Waals surface area contributed by atoms with Crippen LogP contribution in [0.15, 0.2) is 18.2 Å². The Balaban J connectivity index is 2.31. The number of carboxylic acid groups (broad SMARTS) is 1. The molecule has 1 aromatic carbocycles. The second kappa shape index (κ2) is 6.48. The van der Waals surface area contributed by atoms with E-state index in [0.29, 0.717) is 36.4 Å². The van der Waals surface area contributed by atoms with Crippen LogP contribution in [-0.2, 0) is 4.79 Å². The lowest BCUT2D eigenvalue weighted by atomic mass is 9.98. The third-order valence-electron chi connectivity index (χ3n) is 4.12. The lowest BCUT2D eigenvalue weighted by Gasteiger charge is -2.31. The molecule has 1 aliphatic heterocycles. The van der Waals surface area contributed by atoms with E-state index in [1.165, 1.54) is 12.0 Å². The van der Waals surface area contributed by atoms with Gasteiger partial charge in [-0.1, -0.05) is 0 Å². The number of ether oxygens (including phenoxy) is 2. The van der Waals surface area contributed by atoms with Crippen molar-refractivity contribution in [1.29, 1.82) is 0 Å². The summed E-state index contributed by atoms with van der Waals surface area (Å²) < 4.78 is 10.9. The van der Waals surface area contributed by atoms with Gasteiger partial charge in [0.25, 0.3) is 5.91 Å². The molecule has 1 atom stereocenters. The Bertz CT molecular complexity index is 613. The summed E-state index contributed by atoms with van der Waals surface area (Å²) in [6.45, 7) is 5.84. The summed E-state index contributed by atoms with van der Waals surface area (Å²) >= 11 is 0. The first-order valence-corrected chi connectivity index (χ1v) is 7.69. The molecule has 0 aliphatic carbocycles. The van der Waals surface area contributed by atoms with Gasteiger partial charge in [0.15, 0.2) is 11.5 Å². The van der Waals surface area contributed by atoms with Crippen molar-refractivity contribution in [3.63, 3.8) is 0 Å². The van der Waals surface area contributed by atoms with E-state index < -0.39 is 11.5 Å². The highest BCUT2D eigenvalue weighted by Gasteiger charge is 2.46. The third kappa shape index (κ3) is 3.25. The van der Waals surface area contributed by atoms with E-state index in [1.807, 2.05) is 13.8 Å². The Morgan fingerprint density at radius 3 is 2.57 bits per heavy atom. The molecule has 0 aromatic heterocycles. The van der Waals surface area contributed by atoms with Gasteiger partial charge in [0.2, 0.25) is 0 Å². The Morgan fingerprint density at radius 1 is 1.30 bits per heavy atom. The van der Waals surface area contributed by atoms with Gasteiger partial charge in [-0.05, 0) is 51.8 Å². The van der Waals surface area contributed by atoms with Crippen LogP contribution in [0.1, 0.15) is 44.0 Å². The van der Waals surface area contributed by atoms with Gasteiger partial charge in [-0.3, -0.25) is 4.79 Å². The molecular formula is C17H23NO5. The topological polar surface area (TPSA) is 76.1 Å². The van der Waals surface area contributed by atoms with E-state index in [1.54, 1.807) is 25.1 Å². The van der Waals surface area contributed by atoms with E-state index in [9.17, 15) is 14.7 Å². The average Bonchev–Trinajstić information content (AvgIpc) is 2.89. The van der Waals surface area contributed by atoms with Gasteiger partial charge in [-0.15, -0.1) is 0 Å². The highest BCUT2D eigenvalue weighted by atomic mass is 16.5. The number of hydrogen-bond acceptors (Lipinski definition) is 4. The fraction of sp³-hybridized carbons (Fsp3) is 0.529. The standard InChI is InChI=1S/C17H23NO5/c1-11(2)23-13-7-6-12(10-14(13)22-4)15(19)18-9-5-8-17(18,3)16(20)21/h6-7,10-11H,5,8-9H2,1-4H3,(H,20,21). The molecule has 126 valence electrons. The maximum absolute atomic E-state index is 12.7. The number of rotatable bonds is 5. The van der Waals surface area contributed by atoms with E-state index >= 15 is 0 Å². The van der Waals surface area contributed by atoms with Crippen LogP contribution < -0.4 is 9.47 Å². The molecule has 6 heteroatoms. The largest absolute Gasteiger partial charge is 0.493 e. The Hall–Kier alpha value is -2.24. The number of carbonyl (C=O) groups is 2. The van der Waals surface area contributed by atoms with Crippen LogP contribution in [0.4, 0.5) is 0 Å². The lowest BCUT2D eigenvalue weighted by Crippen LogP contribution is -2.50. The Kier molecular flexibility index (Phi) is 4.82. The zero-order valence-electron chi connectivity index (χ0n) is 14.0. The summed E-state index contributed by atoms with van der Waals surface area (Å²) in [5.74, 6) is -0.265. The van der Waals surface area contributed by atoms with Crippen molar-refractivity contribution in [2.45, 2.75) is 45.3 Å². The fourth-order valence-corrected chi connectivity index (χ4v) is 2.82. The molecule has 1 N–H and O–H groups in total. The van der Waals surface area contributed by atoms with Crippen LogP contribution in [0, 0.1) is 0 Å². The summed E-state index contributed by atoms with van der Waals surface area (Å²) in [7, 11) is 1.51. The Morgan fingerprint density at radius 2 is 2.00 bits per heavy atom. The first-order chi connectivity index (χ1) is 10.8. The summed E-state index contributed by atoms with van der Waals surface area (Å²) in [6, 6.07) is 4.92. The lowest BCUT2D eigenvalue weighted by molar-refractivity contribution is -0.147. The molecule has 0 saturated carbocycles. The highest BCUT2D eigenvalue weighted by molar-refractivity contribution is 5.98. The molecule has 1 aliphatic rings. The van der Waals surface area contributed by atoms with Gasteiger partial charge in [0.1, 0.15) is 5.54 Å². The molecule has 23 heavy (non-hydrogen) atoms. The summed E-state index contributed by atoms with van der Waals surface area (Å²) in [5.41, 5.74) is -0.760. The van der Waals surface area contributed by atoms with Crippen molar-refractivity contribution < 1.29 is 24.2 Å². The number of likely N-dealkylation sites (tertiary alicyclic amines) is 1. The minimum Gasteiger partial charge on any atom is -0.493 e. The van der Waals surface area contributed by atoms with Crippen molar-refractivity contribution >= 4 is 11.9 Å². The zero-order valence-corrected chi connectivity index (χ0v) is 14.0. The van der Waals surface area contributed by atoms with Crippen molar-refractivity contribution in [3.05, 3.63) is 23.8 Å². The molecular weight excluding hydrogens is 298 g/mol. The first-order valence-electron chi connectivity index (χ1n) is 7.69. The maximum atomic E-state index is 12.7. The van der Waals surface area contributed by atoms with Crippen molar-refractivity contribution in [2.75, 3.05) is 13.7 Å². The van der Waals surface area contributed by atoms with Crippen molar-refractivity contribution in [1.82, 2.24) is 4.90 Å². The number of carboxylic acids is 1. The molecule has 1 saturated heterocycles. The van der Waals surface area contributed by atoms with E-state index in [-0.39, 0.29) is 12.0 Å². The van der Waals surface area contributed by atoms with E-state index in [0.717, 1.165) is 0 Å². The predicted molar refractivity (Wildman–Crippen MR) is 85.1 cm³/mol. The van der Waals surface area contributed by atoms with Gasteiger partial charge < -0.3 is 19.5 Å². The molecule has 1 amide bonds. The summed E-state index contributed by atoms with van der Waals surface area (Å²) in [6.07, 6.45) is 1.12. The van der Waals surface area contributed by atoms with Crippen molar-refractivity contribution in [2.24, 2.45) is 0 Å². The fourth-order valence-electron chi connectivity index (χ4n) is 2.82. The normalized spacial score (nSPS) is 20.7. The number of aliphatic carboxylic acids is 1. The summed E-state index contributed by atoms with van der Waals surface area (Å²) in [4.78, 5) is 25.7. The highest BCUT2D eigenvalue weighted by Crippen LogP contribution is 2.33. The number of hydrogen-bond donors (Lipinski definition) is 1. The van der Waals surface area contributed by atoms with Crippen LogP contribution in [0.5, 0.6) is 11.5 Å². The number of benzene rings is 1. The zero-order chi connectivity index (χ0) is 17.2. The van der Waals surface area contributed by atoms with Crippen LogP contribution in [0.25, 0.3) is 0 Å². The second-order valence-corrected chi connectivity index (χ2v) is 6.17. The number of amides is 1. The predicted octanol–water partition coefficient (Wildman–Crippen LogP) is 2.56. The van der Waals surface area contributed by atoms with Crippen LogP contribution in [0.2, 0.25) is 0 Å². The molecule has 2 rings (SSSR count). The van der Waals surface area contributed by atoms with Crippen LogP contribution in [0.3, 0.4) is 0 Å². The van der Waals surface area contributed by atoms with Crippen LogP contribution in [-0.4, -0.2) is 47.2 Å². The maximum Gasteiger partial charge on any atom is 0.329 e. The molecule has 0 bridgehead atoms. The minimum atomic E-state index is -1.16. The quantitative estimate of drug-likeness (QED) is 0.902. The Labute approximate surface area is 136 Å². The number of nitrogens with zero attached hydrogens (tertiary/aromatic N) is 1. The van der Waals surface area contributed by atoms with Crippen molar-refractivity contribution in [3.8, 4) is 11.5 Å². The smallest absolute Gasteiger partial charge is 0.329 e.